The van der Waals surface area contributed by atoms with Gasteiger partial charge in [-0.05, 0) is 30.3 Å². The molecule has 0 radical (unpaired) electrons. The van der Waals surface area contributed by atoms with E-state index in [1.165, 1.54) is 27.8 Å². The Labute approximate surface area is 176 Å². The monoisotopic (exact) mass is 455 g/mol. The summed E-state index contributed by atoms with van der Waals surface area (Å²) in [4.78, 5) is 6.58. The Hall–Kier alpha value is -2.07. The number of hydrogen-bond acceptors (Lipinski definition) is 5. The minimum Gasteiger partial charge on any atom is -0.345 e. The summed E-state index contributed by atoms with van der Waals surface area (Å²) in [6.07, 6.45) is 0. The van der Waals surface area contributed by atoms with Crippen LogP contribution < -0.4 is 4.90 Å². The average Bonchev–Trinajstić information content (AvgIpc) is 3.20. The number of benzene rings is 2. The molecule has 0 unspecified atom stereocenters. The lowest BCUT2D eigenvalue weighted by atomic mass is 10.2. The van der Waals surface area contributed by atoms with Gasteiger partial charge in [0.15, 0.2) is 16.8 Å². The summed E-state index contributed by atoms with van der Waals surface area (Å²) in [6, 6.07) is 10.0. The van der Waals surface area contributed by atoms with Crippen molar-refractivity contribution < 1.29 is 17.2 Å². The molecule has 1 aliphatic rings. The second-order valence-electron chi connectivity index (χ2n) is 6.47. The molecule has 2 heterocycles. The molecule has 10 heteroatoms. The minimum absolute atomic E-state index is 0.102. The van der Waals surface area contributed by atoms with Crippen molar-refractivity contribution in [3.05, 3.63) is 64.5 Å². The summed E-state index contributed by atoms with van der Waals surface area (Å²) in [5.41, 5.74) is 1.04. The number of rotatable bonds is 4. The van der Waals surface area contributed by atoms with E-state index in [4.69, 9.17) is 11.6 Å². The van der Waals surface area contributed by atoms with Gasteiger partial charge in [0, 0.05) is 37.1 Å². The van der Waals surface area contributed by atoms with E-state index in [9.17, 15) is 17.2 Å². The molecule has 3 aromatic rings. The normalized spacial score (nSPS) is 15.6. The highest BCUT2D eigenvalue weighted by atomic mass is 35.5. The smallest absolute Gasteiger partial charge is 0.244 e. The average molecular weight is 456 g/mol. The fourth-order valence-electron chi connectivity index (χ4n) is 3.11. The van der Waals surface area contributed by atoms with Crippen LogP contribution in [0.3, 0.4) is 0 Å². The lowest BCUT2D eigenvalue weighted by Gasteiger charge is -2.33. The molecule has 0 amide bonds. The van der Waals surface area contributed by atoms with E-state index in [1.807, 2.05) is 4.90 Å². The first-order valence-corrected chi connectivity index (χ1v) is 11.5. The minimum atomic E-state index is -3.66. The van der Waals surface area contributed by atoms with Crippen LogP contribution >= 0.6 is 22.9 Å². The lowest BCUT2D eigenvalue weighted by molar-refractivity contribution is 0.385. The Bertz CT molecular complexity index is 1150. The maximum atomic E-state index is 13.5. The van der Waals surface area contributed by atoms with Crippen LogP contribution in [0.25, 0.3) is 11.3 Å². The molecule has 0 bridgehead atoms. The Kier molecular flexibility index (Phi) is 5.56. The van der Waals surface area contributed by atoms with Gasteiger partial charge in [-0.2, -0.15) is 4.31 Å². The molecule has 0 saturated carbocycles. The van der Waals surface area contributed by atoms with Gasteiger partial charge in [-0.1, -0.05) is 23.7 Å². The largest absolute Gasteiger partial charge is 0.345 e. The van der Waals surface area contributed by atoms with Crippen molar-refractivity contribution in [2.75, 3.05) is 31.1 Å². The Balaban J connectivity index is 1.47. The third kappa shape index (κ3) is 4.00. The highest BCUT2D eigenvalue weighted by Gasteiger charge is 2.30. The zero-order valence-corrected chi connectivity index (χ0v) is 17.4. The van der Waals surface area contributed by atoms with Gasteiger partial charge in [0.25, 0.3) is 0 Å². The molecule has 0 N–H and O–H groups in total. The molecule has 1 aliphatic heterocycles. The number of sulfonamides is 1. The quantitative estimate of drug-likeness (QED) is 0.590. The van der Waals surface area contributed by atoms with Crippen LogP contribution in [0.4, 0.5) is 13.9 Å². The zero-order chi connectivity index (χ0) is 20.6. The van der Waals surface area contributed by atoms with Gasteiger partial charge in [0.05, 0.1) is 10.7 Å². The van der Waals surface area contributed by atoms with Crippen LogP contribution in [0.2, 0.25) is 5.02 Å². The van der Waals surface area contributed by atoms with Crippen LogP contribution in [0.1, 0.15) is 0 Å². The Morgan fingerprint density at radius 3 is 2.41 bits per heavy atom. The Morgan fingerprint density at radius 2 is 1.72 bits per heavy atom. The molecule has 1 aromatic heterocycles. The van der Waals surface area contributed by atoms with Crippen LogP contribution in [0.5, 0.6) is 0 Å². The molecule has 4 rings (SSSR count). The van der Waals surface area contributed by atoms with E-state index in [1.54, 1.807) is 23.6 Å². The van der Waals surface area contributed by atoms with Crippen molar-refractivity contribution in [3.8, 4) is 11.3 Å². The highest BCUT2D eigenvalue weighted by Crippen LogP contribution is 2.30. The number of thiazole rings is 1. The van der Waals surface area contributed by atoms with Crippen molar-refractivity contribution in [2.45, 2.75) is 4.90 Å². The first-order valence-electron chi connectivity index (χ1n) is 8.77. The first kappa shape index (κ1) is 20.2. The van der Waals surface area contributed by atoms with E-state index in [2.05, 4.69) is 4.98 Å². The molecule has 29 heavy (non-hydrogen) atoms. The van der Waals surface area contributed by atoms with E-state index in [0.29, 0.717) is 42.6 Å². The predicted molar refractivity (Wildman–Crippen MR) is 110 cm³/mol. The van der Waals surface area contributed by atoms with E-state index < -0.39 is 21.7 Å². The molecule has 0 atom stereocenters. The van der Waals surface area contributed by atoms with Crippen molar-refractivity contribution >= 4 is 38.1 Å². The van der Waals surface area contributed by atoms with Crippen LogP contribution in [-0.4, -0.2) is 43.9 Å². The first-order chi connectivity index (χ1) is 13.9. The maximum Gasteiger partial charge on any atom is 0.244 e. The Morgan fingerprint density at radius 1 is 1.00 bits per heavy atom. The van der Waals surface area contributed by atoms with Crippen molar-refractivity contribution in [1.82, 2.24) is 9.29 Å². The van der Waals surface area contributed by atoms with Gasteiger partial charge in [0.2, 0.25) is 10.0 Å². The molecule has 0 aliphatic carbocycles. The van der Waals surface area contributed by atoms with E-state index in [-0.39, 0.29) is 9.92 Å². The molecule has 152 valence electrons. The zero-order valence-electron chi connectivity index (χ0n) is 15.1. The number of piperazine rings is 1. The lowest BCUT2D eigenvalue weighted by Crippen LogP contribution is -2.48. The van der Waals surface area contributed by atoms with Gasteiger partial charge >= 0.3 is 0 Å². The molecule has 1 saturated heterocycles. The molecule has 1 fully saturated rings. The summed E-state index contributed by atoms with van der Waals surface area (Å²) >= 11 is 7.44. The van der Waals surface area contributed by atoms with Gasteiger partial charge in [-0.25, -0.2) is 22.2 Å². The van der Waals surface area contributed by atoms with Gasteiger partial charge < -0.3 is 4.90 Å². The second kappa shape index (κ2) is 7.98. The molecule has 2 aromatic carbocycles. The maximum absolute atomic E-state index is 13.5. The summed E-state index contributed by atoms with van der Waals surface area (Å²) in [7, 11) is -3.66. The van der Waals surface area contributed by atoms with Crippen molar-refractivity contribution in [1.29, 1.82) is 0 Å². The summed E-state index contributed by atoms with van der Waals surface area (Å²) < 4.78 is 53.7. The third-order valence-corrected chi connectivity index (χ3v) is 7.97. The number of anilines is 1. The van der Waals surface area contributed by atoms with Crippen LogP contribution in [0, 0.1) is 11.6 Å². The topological polar surface area (TPSA) is 53.5 Å². The SMILES string of the molecule is O=S(=O)(c1ccccc1Cl)N1CCN(c2nc(-c3ccc(F)c(F)c3)cs2)CC1. The predicted octanol–water partition coefficient (Wildman–Crippen LogP) is 4.25. The molecular formula is C19H16ClF2N3O2S2. The summed E-state index contributed by atoms with van der Waals surface area (Å²) in [5, 5.41) is 2.68. The van der Waals surface area contributed by atoms with Crippen LogP contribution in [-0.2, 0) is 10.0 Å². The van der Waals surface area contributed by atoms with E-state index in [0.717, 1.165) is 12.1 Å². The van der Waals surface area contributed by atoms with Gasteiger partial charge in [-0.3, -0.25) is 0 Å². The van der Waals surface area contributed by atoms with Gasteiger partial charge in [-0.15, -0.1) is 11.3 Å². The number of nitrogens with zero attached hydrogens (tertiary/aromatic N) is 3. The number of halogens is 3. The molecular weight excluding hydrogens is 440 g/mol. The third-order valence-electron chi connectivity index (χ3n) is 4.67. The number of aromatic nitrogens is 1. The standard InChI is InChI=1S/C19H16ClF2N3O2S2/c20-14-3-1-2-4-18(14)29(26,27)25-9-7-24(8-10-25)19-23-17(12-28-19)13-5-6-15(21)16(22)11-13/h1-6,11-12H,7-10H2. The van der Waals surface area contributed by atoms with Crippen molar-refractivity contribution in [2.24, 2.45) is 0 Å². The molecule has 5 nitrogen and oxygen atoms in total. The van der Waals surface area contributed by atoms with Gasteiger partial charge in [0.1, 0.15) is 4.90 Å². The fraction of sp³-hybridized carbons (Fsp3) is 0.211. The molecule has 0 spiro atoms. The van der Waals surface area contributed by atoms with E-state index >= 15 is 0 Å². The summed E-state index contributed by atoms with van der Waals surface area (Å²) in [6.45, 7) is 1.53. The summed E-state index contributed by atoms with van der Waals surface area (Å²) in [5.74, 6) is -1.82. The second-order valence-corrected chi connectivity index (χ2v) is 9.62. The highest BCUT2D eigenvalue weighted by molar-refractivity contribution is 7.89. The van der Waals surface area contributed by atoms with Crippen LogP contribution in [0.15, 0.2) is 52.7 Å². The van der Waals surface area contributed by atoms with Crippen molar-refractivity contribution in [3.63, 3.8) is 0 Å². The fourth-order valence-corrected chi connectivity index (χ4v) is 5.91. The number of hydrogen-bond donors (Lipinski definition) is 0.